The van der Waals surface area contributed by atoms with E-state index in [4.69, 9.17) is 10.00 Å². The number of nitriles is 1. The van der Waals surface area contributed by atoms with Crippen LogP contribution in [0.1, 0.15) is 35.3 Å². The number of esters is 1. The van der Waals surface area contributed by atoms with Crippen LogP contribution in [0.2, 0.25) is 0 Å². The van der Waals surface area contributed by atoms with Gasteiger partial charge in [0.25, 0.3) is 5.69 Å². The normalized spacial score (nSPS) is 9.61. The average Bonchev–Trinajstić information content (AvgIpc) is 2.37. The van der Waals surface area contributed by atoms with Crippen LogP contribution in [-0.2, 0) is 11.2 Å². The van der Waals surface area contributed by atoms with E-state index in [-0.39, 0.29) is 23.4 Å². The van der Waals surface area contributed by atoms with E-state index >= 15 is 0 Å². The molecule has 0 bridgehead atoms. The van der Waals surface area contributed by atoms with Gasteiger partial charge in [0.05, 0.1) is 17.1 Å². The van der Waals surface area contributed by atoms with Gasteiger partial charge in [0, 0.05) is 6.07 Å². The maximum Gasteiger partial charge on any atom is 0.338 e. The van der Waals surface area contributed by atoms with E-state index in [2.05, 4.69) is 0 Å². The fourth-order valence-electron chi connectivity index (χ4n) is 1.56. The highest BCUT2D eigenvalue weighted by Crippen LogP contribution is 2.24. The Labute approximate surface area is 104 Å². The fourth-order valence-corrected chi connectivity index (χ4v) is 1.56. The minimum Gasteiger partial charge on any atom is -0.462 e. The third kappa shape index (κ3) is 2.63. The fraction of sp³-hybridized carbons (Fsp3) is 0.333. The van der Waals surface area contributed by atoms with Crippen LogP contribution >= 0.6 is 0 Å². The molecule has 0 spiro atoms. The number of hydrogen-bond donors (Lipinski definition) is 0. The van der Waals surface area contributed by atoms with Gasteiger partial charge in [0.15, 0.2) is 0 Å². The summed E-state index contributed by atoms with van der Waals surface area (Å²) >= 11 is 0. The molecular formula is C12H12N2O4. The zero-order valence-electron chi connectivity index (χ0n) is 10.1. The first kappa shape index (κ1) is 13.6. The molecule has 0 fully saturated rings. The molecule has 0 amide bonds. The van der Waals surface area contributed by atoms with Gasteiger partial charge in [-0.2, -0.15) is 5.26 Å². The van der Waals surface area contributed by atoms with Gasteiger partial charge < -0.3 is 4.74 Å². The molecule has 1 rings (SSSR count). The first-order valence-corrected chi connectivity index (χ1v) is 5.43. The molecule has 94 valence electrons. The maximum atomic E-state index is 11.7. The van der Waals surface area contributed by atoms with Gasteiger partial charge >= 0.3 is 5.97 Å². The SMILES string of the molecule is CCOC(=O)c1cc(C#N)c([N+](=O)[O-])cc1CC. The molecule has 0 aliphatic carbocycles. The Morgan fingerprint density at radius 1 is 1.50 bits per heavy atom. The zero-order chi connectivity index (χ0) is 13.7. The van der Waals surface area contributed by atoms with E-state index in [1.807, 2.05) is 0 Å². The lowest BCUT2D eigenvalue weighted by Crippen LogP contribution is -2.09. The summed E-state index contributed by atoms with van der Waals surface area (Å²) < 4.78 is 4.85. The second kappa shape index (κ2) is 5.77. The van der Waals surface area contributed by atoms with Crippen molar-refractivity contribution in [2.24, 2.45) is 0 Å². The van der Waals surface area contributed by atoms with Crippen molar-refractivity contribution in [2.75, 3.05) is 6.61 Å². The summed E-state index contributed by atoms with van der Waals surface area (Å²) in [5.74, 6) is -0.569. The van der Waals surface area contributed by atoms with Gasteiger partial charge in [-0.25, -0.2) is 4.79 Å². The number of nitro benzene ring substituents is 1. The Bertz CT molecular complexity index is 532. The summed E-state index contributed by atoms with van der Waals surface area (Å²) in [7, 11) is 0. The van der Waals surface area contributed by atoms with Crippen LogP contribution in [0.4, 0.5) is 5.69 Å². The number of ether oxygens (including phenoxy) is 1. The minimum atomic E-state index is -0.632. The molecule has 0 saturated heterocycles. The van der Waals surface area contributed by atoms with Gasteiger partial charge in [-0.05, 0) is 25.0 Å². The van der Waals surface area contributed by atoms with Gasteiger partial charge in [0.2, 0.25) is 0 Å². The molecule has 1 aromatic carbocycles. The average molecular weight is 248 g/mol. The van der Waals surface area contributed by atoms with Crippen LogP contribution in [0.15, 0.2) is 12.1 Å². The van der Waals surface area contributed by atoms with Crippen molar-refractivity contribution in [3.8, 4) is 6.07 Å². The molecule has 0 saturated carbocycles. The number of carbonyl (C=O) groups is 1. The third-order valence-corrected chi connectivity index (χ3v) is 2.41. The van der Waals surface area contributed by atoms with E-state index in [1.54, 1.807) is 19.9 Å². The van der Waals surface area contributed by atoms with Crippen LogP contribution < -0.4 is 0 Å². The third-order valence-electron chi connectivity index (χ3n) is 2.41. The number of carbonyl (C=O) groups excluding carboxylic acids is 1. The Balaban J connectivity index is 3.41. The van der Waals surface area contributed by atoms with Crippen molar-refractivity contribution in [1.29, 1.82) is 5.26 Å². The minimum absolute atomic E-state index is 0.139. The monoisotopic (exact) mass is 248 g/mol. The highest BCUT2D eigenvalue weighted by Gasteiger charge is 2.21. The van der Waals surface area contributed by atoms with Gasteiger partial charge in [0.1, 0.15) is 11.6 Å². The van der Waals surface area contributed by atoms with Gasteiger partial charge in [-0.1, -0.05) is 6.92 Å². The summed E-state index contributed by atoms with van der Waals surface area (Å²) in [6.07, 6.45) is 0.445. The molecule has 6 heteroatoms. The Kier molecular flexibility index (Phi) is 4.38. The molecular weight excluding hydrogens is 236 g/mol. The topological polar surface area (TPSA) is 93.2 Å². The van der Waals surface area contributed by atoms with Gasteiger partial charge in [-0.3, -0.25) is 10.1 Å². The molecule has 0 aliphatic heterocycles. The molecule has 0 radical (unpaired) electrons. The van der Waals surface area contributed by atoms with Crippen molar-refractivity contribution in [3.05, 3.63) is 38.9 Å². The number of nitrogens with zero attached hydrogens (tertiary/aromatic N) is 2. The van der Waals surface area contributed by atoms with Crippen molar-refractivity contribution >= 4 is 11.7 Å². The summed E-state index contributed by atoms with van der Waals surface area (Å²) in [6.45, 7) is 3.65. The molecule has 18 heavy (non-hydrogen) atoms. The van der Waals surface area contributed by atoms with Crippen LogP contribution in [0, 0.1) is 21.4 Å². The van der Waals surface area contributed by atoms with Crippen molar-refractivity contribution < 1.29 is 14.5 Å². The lowest BCUT2D eigenvalue weighted by Gasteiger charge is -2.07. The number of benzene rings is 1. The quantitative estimate of drug-likeness (QED) is 0.462. The zero-order valence-corrected chi connectivity index (χ0v) is 10.1. The highest BCUT2D eigenvalue weighted by molar-refractivity contribution is 5.92. The van der Waals surface area contributed by atoms with Crippen molar-refractivity contribution in [1.82, 2.24) is 0 Å². The Hall–Kier alpha value is -2.42. The van der Waals surface area contributed by atoms with E-state index < -0.39 is 10.9 Å². The molecule has 0 N–H and O–H groups in total. The smallest absolute Gasteiger partial charge is 0.338 e. The lowest BCUT2D eigenvalue weighted by atomic mass is 10.0. The highest BCUT2D eigenvalue weighted by atomic mass is 16.6. The Morgan fingerprint density at radius 3 is 2.61 bits per heavy atom. The second-order valence-corrected chi connectivity index (χ2v) is 3.47. The Morgan fingerprint density at radius 2 is 2.17 bits per heavy atom. The van der Waals surface area contributed by atoms with Crippen LogP contribution in [-0.4, -0.2) is 17.5 Å². The predicted octanol–water partition coefficient (Wildman–Crippen LogP) is 2.21. The standard InChI is InChI=1S/C12H12N2O4/c1-3-8-6-11(14(16)17)9(7-13)5-10(8)12(15)18-4-2/h5-6H,3-4H2,1-2H3. The predicted molar refractivity (Wildman–Crippen MR) is 63.1 cm³/mol. The van der Waals surface area contributed by atoms with Crippen LogP contribution in [0.25, 0.3) is 0 Å². The van der Waals surface area contributed by atoms with Crippen molar-refractivity contribution in [2.45, 2.75) is 20.3 Å². The van der Waals surface area contributed by atoms with Crippen LogP contribution in [0.3, 0.4) is 0 Å². The van der Waals surface area contributed by atoms with E-state index in [9.17, 15) is 14.9 Å². The van der Waals surface area contributed by atoms with Crippen molar-refractivity contribution in [3.63, 3.8) is 0 Å². The summed E-state index contributed by atoms with van der Waals surface area (Å²) in [5, 5.41) is 19.7. The van der Waals surface area contributed by atoms with Gasteiger partial charge in [-0.15, -0.1) is 0 Å². The molecule has 6 nitrogen and oxygen atoms in total. The molecule has 0 aromatic heterocycles. The largest absolute Gasteiger partial charge is 0.462 e. The summed E-state index contributed by atoms with van der Waals surface area (Å²) in [4.78, 5) is 21.8. The number of hydrogen-bond acceptors (Lipinski definition) is 5. The number of aryl methyl sites for hydroxylation is 1. The molecule has 1 aromatic rings. The maximum absolute atomic E-state index is 11.7. The first-order chi connectivity index (χ1) is 8.54. The van der Waals surface area contributed by atoms with Crippen LogP contribution in [0.5, 0.6) is 0 Å². The molecule has 0 atom stereocenters. The molecule has 0 heterocycles. The number of rotatable bonds is 4. The first-order valence-electron chi connectivity index (χ1n) is 5.43. The van der Waals surface area contributed by atoms with E-state index in [1.165, 1.54) is 12.1 Å². The van der Waals surface area contributed by atoms with E-state index in [0.29, 0.717) is 12.0 Å². The number of nitro groups is 1. The lowest BCUT2D eigenvalue weighted by molar-refractivity contribution is -0.385. The second-order valence-electron chi connectivity index (χ2n) is 3.47. The summed E-state index contributed by atoms with van der Waals surface area (Å²) in [6, 6.07) is 4.19. The molecule has 0 unspecified atom stereocenters. The molecule has 0 aliphatic rings. The summed E-state index contributed by atoms with van der Waals surface area (Å²) in [5.41, 5.74) is 0.281. The van der Waals surface area contributed by atoms with E-state index in [0.717, 1.165) is 0 Å².